The fourth-order valence-corrected chi connectivity index (χ4v) is 1.73. The molecule has 1 aliphatic rings. The van der Waals surface area contributed by atoms with E-state index >= 15 is 0 Å². The summed E-state index contributed by atoms with van der Waals surface area (Å²) in [6, 6.07) is 3.89. The standard InChI is InChI=1S/C10H8O3S/c11-9-6-7(10(12)13-9)3-4-8-2-1-5-14-8/h1-6,10,12H/b4-3+. The molecule has 14 heavy (non-hydrogen) atoms. The van der Waals surface area contributed by atoms with E-state index in [1.54, 1.807) is 17.4 Å². The van der Waals surface area contributed by atoms with E-state index < -0.39 is 12.3 Å². The molecule has 0 saturated carbocycles. The summed E-state index contributed by atoms with van der Waals surface area (Å²) in [4.78, 5) is 11.8. The molecular formula is C10H8O3S. The Hall–Kier alpha value is -1.39. The molecule has 2 heterocycles. The molecule has 0 aromatic carbocycles. The summed E-state index contributed by atoms with van der Waals surface area (Å²) < 4.78 is 4.52. The lowest BCUT2D eigenvalue weighted by atomic mass is 10.2. The topological polar surface area (TPSA) is 46.5 Å². The highest BCUT2D eigenvalue weighted by Crippen LogP contribution is 2.17. The van der Waals surface area contributed by atoms with Crippen molar-refractivity contribution in [3.05, 3.63) is 40.1 Å². The Balaban J connectivity index is 2.11. The number of aliphatic hydroxyl groups is 1. The van der Waals surface area contributed by atoms with Crippen LogP contribution in [0.3, 0.4) is 0 Å². The van der Waals surface area contributed by atoms with E-state index in [4.69, 9.17) is 0 Å². The van der Waals surface area contributed by atoms with Gasteiger partial charge in [-0.1, -0.05) is 12.1 Å². The van der Waals surface area contributed by atoms with Crippen LogP contribution in [0, 0.1) is 0 Å². The zero-order chi connectivity index (χ0) is 9.97. The molecule has 0 bridgehead atoms. The molecule has 72 valence electrons. The molecular weight excluding hydrogens is 200 g/mol. The molecule has 1 N–H and O–H groups in total. The Morgan fingerprint density at radius 1 is 1.50 bits per heavy atom. The summed E-state index contributed by atoms with van der Waals surface area (Å²) in [5.74, 6) is -0.497. The molecule has 0 aliphatic carbocycles. The first kappa shape index (κ1) is 9.18. The number of rotatable bonds is 2. The van der Waals surface area contributed by atoms with Crippen LogP contribution in [0.2, 0.25) is 0 Å². The summed E-state index contributed by atoms with van der Waals surface area (Å²) in [6.45, 7) is 0. The first-order valence-electron chi connectivity index (χ1n) is 4.07. The molecule has 0 fully saturated rings. The lowest BCUT2D eigenvalue weighted by Crippen LogP contribution is -2.08. The third-order valence-electron chi connectivity index (χ3n) is 1.78. The van der Waals surface area contributed by atoms with Gasteiger partial charge in [-0.15, -0.1) is 11.3 Å². The summed E-state index contributed by atoms with van der Waals surface area (Å²) in [5, 5.41) is 11.2. The Labute approximate surface area is 84.9 Å². The quantitative estimate of drug-likeness (QED) is 0.750. The van der Waals surface area contributed by atoms with Crippen molar-refractivity contribution < 1.29 is 14.6 Å². The van der Waals surface area contributed by atoms with Crippen LogP contribution in [-0.4, -0.2) is 17.4 Å². The SMILES string of the molecule is O=C1C=C(/C=C/c2cccs2)C(O)O1. The van der Waals surface area contributed by atoms with E-state index in [1.165, 1.54) is 6.08 Å². The van der Waals surface area contributed by atoms with Crippen LogP contribution in [0.1, 0.15) is 4.88 Å². The fraction of sp³-hybridized carbons (Fsp3) is 0.100. The van der Waals surface area contributed by atoms with Gasteiger partial charge in [-0.25, -0.2) is 4.79 Å². The highest BCUT2D eigenvalue weighted by atomic mass is 32.1. The lowest BCUT2D eigenvalue weighted by Gasteiger charge is -2.01. The van der Waals surface area contributed by atoms with Gasteiger partial charge in [0.25, 0.3) is 0 Å². The van der Waals surface area contributed by atoms with Crippen molar-refractivity contribution in [3.8, 4) is 0 Å². The number of thiophene rings is 1. The number of esters is 1. The van der Waals surface area contributed by atoms with Crippen LogP contribution in [0.4, 0.5) is 0 Å². The number of carbonyl (C=O) groups excluding carboxylic acids is 1. The number of hydrogen-bond donors (Lipinski definition) is 1. The molecule has 3 nitrogen and oxygen atoms in total. The van der Waals surface area contributed by atoms with Gasteiger partial charge in [0.1, 0.15) is 0 Å². The van der Waals surface area contributed by atoms with Crippen molar-refractivity contribution >= 4 is 23.4 Å². The van der Waals surface area contributed by atoms with Crippen molar-refractivity contribution in [2.45, 2.75) is 6.29 Å². The van der Waals surface area contributed by atoms with E-state index in [9.17, 15) is 9.90 Å². The van der Waals surface area contributed by atoms with Gasteiger partial charge in [0, 0.05) is 16.5 Å². The number of carbonyl (C=O) groups is 1. The highest BCUT2D eigenvalue weighted by Gasteiger charge is 2.21. The van der Waals surface area contributed by atoms with E-state index in [2.05, 4.69) is 4.74 Å². The van der Waals surface area contributed by atoms with Gasteiger partial charge in [-0.05, 0) is 17.5 Å². The van der Waals surface area contributed by atoms with Crippen molar-refractivity contribution in [2.75, 3.05) is 0 Å². The van der Waals surface area contributed by atoms with Crippen molar-refractivity contribution in [3.63, 3.8) is 0 Å². The maximum Gasteiger partial charge on any atom is 0.333 e. The Morgan fingerprint density at radius 3 is 2.93 bits per heavy atom. The second kappa shape index (κ2) is 3.77. The maximum absolute atomic E-state index is 10.7. The molecule has 1 atom stereocenters. The third kappa shape index (κ3) is 1.92. The van der Waals surface area contributed by atoms with Gasteiger partial charge in [-0.2, -0.15) is 0 Å². The summed E-state index contributed by atoms with van der Waals surface area (Å²) in [6.07, 6.45) is 3.69. The molecule has 4 heteroatoms. The first-order chi connectivity index (χ1) is 6.75. The van der Waals surface area contributed by atoms with Crippen molar-refractivity contribution in [2.24, 2.45) is 0 Å². The lowest BCUT2D eigenvalue weighted by molar-refractivity contribution is -0.150. The number of hydrogen-bond acceptors (Lipinski definition) is 4. The van der Waals surface area contributed by atoms with Gasteiger partial charge in [0.05, 0.1) is 0 Å². The van der Waals surface area contributed by atoms with Crippen LogP contribution in [0.15, 0.2) is 35.2 Å². The van der Waals surface area contributed by atoms with Crippen molar-refractivity contribution in [1.29, 1.82) is 0 Å². The second-order valence-electron chi connectivity index (χ2n) is 2.78. The minimum Gasteiger partial charge on any atom is -0.428 e. The van der Waals surface area contributed by atoms with Crippen LogP contribution >= 0.6 is 11.3 Å². The summed E-state index contributed by atoms with van der Waals surface area (Å²) in [5.41, 5.74) is 0.489. The smallest absolute Gasteiger partial charge is 0.333 e. The monoisotopic (exact) mass is 208 g/mol. The van der Waals surface area contributed by atoms with Crippen LogP contribution < -0.4 is 0 Å². The summed E-state index contributed by atoms with van der Waals surface area (Å²) in [7, 11) is 0. The number of aliphatic hydroxyl groups excluding tert-OH is 1. The van der Waals surface area contributed by atoms with E-state index in [-0.39, 0.29) is 0 Å². The van der Waals surface area contributed by atoms with Crippen molar-refractivity contribution in [1.82, 2.24) is 0 Å². The maximum atomic E-state index is 10.7. The minimum absolute atomic E-state index is 0.489. The molecule has 0 saturated heterocycles. The average Bonchev–Trinajstić information content (AvgIpc) is 2.72. The zero-order valence-electron chi connectivity index (χ0n) is 7.21. The Morgan fingerprint density at radius 2 is 2.36 bits per heavy atom. The Bertz CT molecular complexity index is 390. The van der Waals surface area contributed by atoms with Crippen LogP contribution in [0.25, 0.3) is 6.08 Å². The molecule has 0 radical (unpaired) electrons. The number of cyclic esters (lactones) is 1. The van der Waals surface area contributed by atoms with E-state index in [1.807, 2.05) is 23.6 Å². The second-order valence-corrected chi connectivity index (χ2v) is 3.76. The van der Waals surface area contributed by atoms with E-state index in [0.717, 1.165) is 4.88 Å². The van der Waals surface area contributed by atoms with Gasteiger partial charge in [0.2, 0.25) is 6.29 Å². The van der Waals surface area contributed by atoms with Crippen LogP contribution in [-0.2, 0) is 9.53 Å². The fourth-order valence-electron chi connectivity index (χ4n) is 1.11. The number of ether oxygens (including phenoxy) is 1. The molecule has 1 aromatic rings. The minimum atomic E-state index is -1.11. The summed E-state index contributed by atoms with van der Waals surface area (Å²) >= 11 is 1.59. The van der Waals surface area contributed by atoms with E-state index in [0.29, 0.717) is 5.57 Å². The van der Waals surface area contributed by atoms with Crippen LogP contribution in [0.5, 0.6) is 0 Å². The molecule has 1 unspecified atom stereocenters. The van der Waals surface area contributed by atoms with Gasteiger partial charge < -0.3 is 9.84 Å². The predicted octanol–water partition coefficient (Wildman–Crippen LogP) is 1.56. The average molecular weight is 208 g/mol. The van der Waals surface area contributed by atoms with Gasteiger partial charge >= 0.3 is 5.97 Å². The molecule has 0 amide bonds. The van der Waals surface area contributed by atoms with Gasteiger partial charge in [0.15, 0.2) is 0 Å². The molecule has 1 aromatic heterocycles. The molecule has 0 spiro atoms. The largest absolute Gasteiger partial charge is 0.428 e. The highest BCUT2D eigenvalue weighted by molar-refractivity contribution is 7.10. The first-order valence-corrected chi connectivity index (χ1v) is 4.95. The third-order valence-corrected chi connectivity index (χ3v) is 2.62. The van der Waals surface area contributed by atoms with Gasteiger partial charge in [-0.3, -0.25) is 0 Å². The zero-order valence-corrected chi connectivity index (χ0v) is 8.03. The molecule has 1 aliphatic heterocycles. The normalized spacial score (nSPS) is 21.4. The Kier molecular flexibility index (Phi) is 2.47. The predicted molar refractivity (Wildman–Crippen MR) is 53.5 cm³/mol. The molecule has 2 rings (SSSR count).